The zero-order valence-electron chi connectivity index (χ0n) is 12.4. The summed E-state index contributed by atoms with van der Waals surface area (Å²) in [4.78, 5) is 27.4. The lowest BCUT2D eigenvalue weighted by Gasteiger charge is -2.32. The zero-order valence-corrected chi connectivity index (χ0v) is 12.4. The van der Waals surface area contributed by atoms with Gasteiger partial charge >= 0.3 is 0 Å². The van der Waals surface area contributed by atoms with E-state index in [2.05, 4.69) is 0 Å². The largest absolute Gasteiger partial charge is 0.369 e. The summed E-state index contributed by atoms with van der Waals surface area (Å²) in [5.41, 5.74) is 7.22. The first-order chi connectivity index (χ1) is 10.5. The van der Waals surface area contributed by atoms with Crippen molar-refractivity contribution in [3.8, 4) is 0 Å². The fraction of sp³-hybridized carbons (Fsp3) is 0.500. The maximum absolute atomic E-state index is 13.4. The summed E-state index contributed by atoms with van der Waals surface area (Å²) < 4.78 is 13.4. The van der Waals surface area contributed by atoms with Gasteiger partial charge in [0.25, 0.3) is 0 Å². The molecule has 1 saturated heterocycles. The van der Waals surface area contributed by atoms with Gasteiger partial charge in [-0.1, -0.05) is 6.07 Å². The van der Waals surface area contributed by atoms with Gasteiger partial charge in [-0.25, -0.2) is 4.39 Å². The number of carbonyl (C=O) groups is 2. The fourth-order valence-electron chi connectivity index (χ4n) is 3.28. The molecule has 1 fully saturated rings. The molecule has 0 unspecified atom stereocenters. The molecule has 0 aliphatic carbocycles. The molecular weight excluding hydrogens is 285 g/mol. The van der Waals surface area contributed by atoms with Crippen LogP contribution in [-0.4, -0.2) is 42.9 Å². The number of primary amides is 1. The van der Waals surface area contributed by atoms with Crippen LogP contribution in [-0.2, 0) is 16.0 Å². The van der Waals surface area contributed by atoms with Gasteiger partial charge in [0.2, 0.25) is 11.8 Å². The summed E-state index contributed by atoms with van der Waals surface area (Å²) in [6.45, 7) is 2.00. The molecule has 0 saturated carbocycles. The first-order valence-electron chi connectivity index (χ1n) is 7.65. The average molecular weight is 305 g/mol. The molecule has 2 aliphatic rings. The van der Waals surface area contributed by atoms with E-state index in [1.807, 2.05) is 4.90 Å². The predicted octanol–water partition coefficient (Wildman–Crippen LogP) is 0.912. The number of amides is 2. The maximum atomic E-state index is 13.4. The van der Waals surface area contributed by atoms with Crippen LogP contribution in [0.2, 0.25) is 0 Å². The molecule has 0 radical (unpaired) electrons. The van der Waals surface area contributed by atoms with Crippen LogP contribution in [0.15, 0.2) is 18.2 Å². The Labute approximate surface area is 128 Å². The van der Waals surface area contributed by atoms with Crippen molar-refractivity contribution in [1.29, 1.82) is 0 Å². The van der Waals surface area contributed by atoms with E-state index in [4.69, 9.17) is 5.73 Å². The van der Waals surface area contributed by atoms with E-state index in [0.29, 0.717) is 13.1 Å². The minimum atomic E-state index is -0.342. The predicted molar refractivity (Wildman–Crippen MR) is 80.8 cm³/mol. The van der Waals surface area contributed by atoms with Crippen molar-refractivity contribution in [2.45, 2.75) is 19.3 Å². The van der Waals surface area contributed by atoms with Gasteiger partial charge in [0.05, 0.1) is 12.5 Å². The van der Waals surface area contributed by atoms with Crippen LogP contribution >= 0.6 is 0 Å². The zero-order chi connectivity index (χ0) is 15.7. The van der Waals surface area contributed by atoms with E-state index in [9.17, 15) is 14.0 Å². The normalized spacial score (nSPS) is 20.9. The molecule has 2 heterocycles. The Kier molecular flexibility index (Phi) is 4.00. The van der Waals surface area contributed by atoms with Crippen molar-refractivity contribution in [3.05, 3.63) is 29.6 Å². The lowest BCUT2D eigenvalue weighted by atomic mass is 9.97. The van der Waals surface area contributed by atoms with Gasteiger partial charge in [0.15, 0.2) is 0 Å². The molecule has 2 aliphatic heterocycles. The second-order valence-electron chi connectivity index (χ2n) is 6.03. The Hall–Kier alpha value is -2.11. The number of rotatable bonds is 3. The summed E-state index contributed by atoms with van der Waals surface area (Å²) >= 11 is 0. The Bertz CT molecular complexity index is 605. The molecule has 3 rings (SSSR count). The van der Waals surface area contributed by atoms with E-state index in [1.165, 1.54) is 12.1 Å². The van der Waals surface area contributed by atoms with E-state index in [0.717, 1.165) is 37.1 Å². The van der Waals surface area contributed by atoms with Crippen molar-refractivity contribution >= 4 is 17.5 Å². The van der Waals surface area contributed by atoms with Crippen LogP contribution in [0.3, 0.4) is 0 Å². The number of nitrogens with two attached hydrogens (primary N) is 1. The van der Waals surface area contributed by atoms with E-state index in [1.54, 1.807) is 11.0 Å². The molecule has 2 N–H and O–H groups in total. The maximum Gasteiger partial charge on any atom is 0.242 e. The molecule has 118 valence electrons. The molecule has 1 aromatic rings. The van der Waals surface area contributed by atoms with Gasteiger partial charge in [-0.2, -0.15) is 0 Å². The van der Waals surface area contributed by atoms with E-state index >= 15 is 0 Å². The number of likely N-dealkylation sites (tertiary alicyclic amines) is 1. The summed E-state index contributed by atoms with van der Waals surface area (Å²) in [6, 6.07) is 4.71. The molecule has 0 spiro atoms. The summed E-state index contributed by atoms with van der Waals surface area (Å²) in [7, 11) is 0. The summed E-state index contributed by atoms with van der Waals surface area (Å²) in [5.74, 6) is -0.903. The highest BCUT2D eigenvalue weighted by molar-refractivity contribution is 5.84. The molecule has 0 aromatic heterocycles. The second kappa shape index (κ2) is 5.94. The van der Waals surface area contributed by atoms with Crippen LogP contribution in [0.25, 0.3) is 0 Å². The van der Waals surface area contributed by atoms with Gasteiger partial charge in [0, 0.05) is 25.3 Å². The van der Waals surface area contributed by atoms with Gasteiger partial charge in [-0.3, -0.25) is 9.59 Å². The number of hydrogen-bond donors (Lipinski definition) is 1. The highest BCUT2D eigenvalue weighted by Gasteiger charge is 2.29. The number of benzene rings is 1. The van der Waals surface area contributed by atoms with Crippen LogP contribution in [0.1, 0.15) is 18.4 Å². The molecule has 0 bridgehead atoms. The second-order valence-corrected chi connectivity index (χ2v) is 6.03. The van der Waals surface area contributed by atoms with E-state index < -0.39 is 0 Å². The van der Waals surface area contributed by atoms with Crippen LogP contribution < -0.4 is 10.6 Å². The number of hydrogen-bond acceptors (Lipinski definition) is 3. The van der Waals surface area contributed by atoms with Gasteiger partial charge in [-0.05, 0) is 37.0 Å². The third-order valence-electron chi connectivity index (χ3n) is 4.54. The van der Waals surface area contributed by atoms with Crippen molar-refractivity contribution in [2.75, 3.05) is 31.1 Å². The van der Waals surface area contributed by atoms with Crippen LogP contribution in [0, 0.1) is 11.7 Å². The molecule has 1 atom stereocenters. The number of halogens is 1. The fourth-order valence-corrected chi connectivity index (χ4v) is 3.28. The number of nitrogens with zero attached hydrogens (tertiary/aromatic N) is 2. The number of fused-ring (bicyclic) bond motifs is 1. The van der Waals surface area contributed by atoms with E-state index in [-0.39, 0.29) is 30.1 Å². The monoisotopic (exact) mass is 305 g/mol. The van der Waals surface area contributed by atoms with Crippen molar-refractivity contribution in [1.82, 2.24) is 4.90 Å². The molecule has 5 nitrogen and oxygen atoms in total. The Morgan fingerprint density at radius 3 is 2.91 bits per heavy atom. The molecule has 1 aromatic carbocycles. The number of carbonyl (C=O) groups excluding carboxylic acids is 2. The summed E-state index contributed by atoms with van der Waals surface area (Å²) in [5, 5.41) is 0. The van der Waals surface area contributed by atoms with Crippen molar-refractivity contribution in [2.24, 2.45) is 11.7 Å². The Balaban J connectivity index is 1.66. The number of anilines is 1. The third kappa shape index (κ3) is 2.91. The van der Waals surface area contributed by atoms with Crippen molar-refractivity contribution < 1.29 is 14.0 Å². The molecular formula is C16H20FN3O2. The van der Waals surface area contributed by atoms with Gasteiger partial charge < -0.3 is 15.5 Å². The highest BCUT2D eigenvalue weighted by atomic mass is 19.1. The Morgan fingerprint density at radius 1 is 1.32 bits per heavy atom. The van der Waals surface area contributed by atoms with Crippen LogP contribution in [0.5, 0.6) is 0 Å². The molecule has 2 amide bonds. The third-order valence-corrected chi connectivity index (χ3v) is 4.54. The lowest BCUT2D eigenvalue weighted by Crippen LogP contribution is -2.47. The average Bonchev–Trinajstić information content (AvgIpc) is 2.89. The summed E-state index contributed by atoms with van der Waals surface area (Å²) in [6.07, 6.45) is 2.37. The van der Waals surface area contributed by atoms with Crippen molar-refractivity contribution in [3.63, 3.8) is 0 Å². The lowest BCUT2D eigenvalue weighted by molar-refractivity contribution is -0.133. The molecule has 6 heteroatoms. The standard InChI is InChI=1S/C16H20FN3O2/c17-13-4-3-11-5-7-19(14(11)8-13)10-15(21)20-6-1-2-12(9-20)16(18)22/h3-4,8,12H,1-2,5-7,9-10H2,(H2,18,22)/t12-/m1/s1. The topological polar surface area (TPSA) is 66.6 Å². The number of piperidine rings is 1. The quantitative estimate of drug-likeness (QED) is 0.903. The van der Waals surface area contributed by atoms with Crippen LogP contribution in [0.4, 0.5) is 10.1 Å². The minimum Gasteiger partial charge on any atom is -0.369 e. The first kappa shape index (κ1) is 14.8. The SMILES string of the molecule is NC(=O)[C@@H]1CCCN(C(=O)CN2CCc3ccc(F)cc32)C1. The smallest absolute Gasteiger partial charge is 0.242 e. The molecule has 22 heavy (non-hydrogen) atoms. The minimum absolute atomic E-state index is 0.0249. The highest BCUT2D eigenvalue weighted by Crippen LogP contribution is 2.28. The Morgan fingerprint density at radius 2 is 2.14 bits per heavy atom. The van der Waals surface area contributed by atoms with Gasteiger partial charge in [-0.15, -0.1) is 0 Å². The van der Waals surface area contributed by atoms with Gasteiger partial charge in [0.1, 0.15) is 5.82 Å². The first-order valence-corrected chi connectivity index (χ1v) is 7.65.